The van der Waals surface area contributed by atoms with Gasteiger partial charge in [-0.2, -0.15) is 0 Å². The summed E-state index contributed by atoms with van der Waals surface area (Å²) in [6.07, 6.45) is 2.44. The lowest BCUT2D eigenvalue weighted by molar-refractivity contribution is 0.367. The largest absolute Gasteiger partial charge is 0.497 e. The summed E-state index contributed by atoms with van der Waals surface area (Å²) in [6.45, 7) is 10.0. The number of ether oxygens (including phenoxy) is 1. The van der Waals surface area contributed by atoms with Crippen LogP contribution >= 0.6 is 0 Å². The second-order valence-corrected chi connectivity index (χ2v) is 5.52. The molecule has 0 aliphatic carbocycles. The summed E-state index contributed by atoms with van der Waals surface area (Å²) in [4.78, 5) is 0. The molecular formula is C17H29NO. The van der Waals surface area contributed by atoms with Crippen LogP contribution in [-0.4, -0.2) is 19.7 Å². The molecule has 2 heteroatoms. The van der Waals surface area contributed by atoms with Crippen molar-refractivity contribution in [3.05, 3.63) is 29.8 Å². The fourth-order valence-electron chi connectivity index (χ4n) is 2.65. The van der Waals surface area contributed by atoms with Gasteiger partial charge >= 0.3 is 0 Å². The average molecular weight is 263 g/mol. The predicted molar refractivity (Wildman–Crippen MR) is 82.9 cm³/mol. The number of nitrogens with one attached hydrogen (secondary N) is 1. The van der Waals surface area contributed by atoms with Crippen LogP contribution in [0.15, 0.2) is 24.3 Å². The Kier molecular flexibility index (Phi) is 6.93. The number of benzene rings is 1. The molecule has 0 fully saturated rings. The zero-order valence-corrected chi connectivity index (χ0v) is 13.1. The topological polar surface area (TPSA) is 21.3 Å². The van der Waals surface area contributed by atoms with Crippen molar-refractivity contribution < 1.29 is 4.74 Å². The Morgan fingerprint density at radius 1 is 1.16 bits per heavy atom. The summed E-state index contributed by atoms with van der Waals surface area (Å²) < 4.78 is 5.36. The van der Waals surface area contributed by atoms with Gasteiger partial charge in [-0.25, -0.2) is 0 Å². The molecule has 0 aromatic heterocycles. The molecule has 2 nitrogen and oxygen atoms in total. The van der Waals surface area contributed by atoms with E-state index in [4.69, 9.17) is 4.74 Å². The van der Waals surface area contributed by atoms with Gasteiger partial charge in [0.2, 0.25) is 0 Å². The van der Waals surface area contributed by atoms with E-state index in [0.717, 1.165) is 18.2 Å². The highest BCUT2D eigenvalue weighted by Crippen LogP contribution is 2.31. The minimum absolute atomic E-state index is 0.530. The van der Waals surface area contributed by atoms with Crippen LogP contribution in [0.5, 0.6) is 5.75 Å². The van der Waals surface area contributed by atoms with Gasteiger partial charge in [0.1, 0.15) is 5.75 Å². The van der Waals surface area contributed by atoms with Crippen molar-refractivity contribution in [2.24, 2.45) is 5.92 Å². The van der Waals surface area contributed by atoms with Crippen molar-refractivity contribution in [3.63, 3.8) is 0 Å². The Hall–Kier alpha value is -1.02. The Balaban J connectivity index is 2.92. The standard InChI is InChI=1S/C17H29NO/c1-6-14(7-2)17(12-18-13(3)4)15-9-8-10-16(11-15)19-5/h8-11,13-14,17-18H,6-7,12H2,1-5H3. The first-order chi connectivity index (χ1) is 9.12. The van der Waals surface area contributed by atoms with E-state index < -0.39 is 0 Å². The molecule has 0 radical (unpaired) electrons. The van der Waals surface area contributed by atoms with E-state index in [-0.39, 0.29) is 0 Å². The van der Waals surface area contributed by atoms with Crippen LogP contribution in [-0.2, 0) is 0 Å². The van der Waals surface area contributed by atoms with Crippen molar-refractivity contribution in [1.29, 1.82) is 0 Å². The van der Waals surface area contributed by atoms with E-state index in [1.807, 2.05) is 6.07 Å². The lowest BCUT2D eigenvalue weighted by Gasteiger charge is -2.27. The third kappa shape index (κ3) is 4.87. The molecule has 1 unspecified atom stereocenters. The Bertz CT molecular complexity index is 358. The molecule has 0 heterocycles. The first-order valence-electron chi connectivity index (χ1n) is 7.49. The molecule has 1 N–H and O–H groups in total. The monoisotopic (exact) mass is 263 g/mol. The van der Waals surface area contributed by atoms with Crippen LogP contribution < -0.4 is 10.1 Å². The quantitative estimate of drug-likeness (QED) is 0.758. The van der Waals surface area contributed by atoms with Gasteiger partial charge in [-0.3, -0.25) is 0 Å². The third-order valence-corrected chi connectivity index (χ3v) is 3.89. The Morgan fingerprint density at radius 2 is 1.84 bits per heavy atom. The molecule has 1 aromatic rings. The van der Waals surface area contributed by atoms with Gasteiger partial charge in [0.25, 0.3) is 0 Å². The first kappa shape index (κ1) is 16.0. The number of methoxy groups -OCH3 is 1. The van der Waals surface area contributed by atoms with Crippen LogP contribution in [0, 0.1) is 5.92 Å². The summed E-state index contributed by atoms with van der Waals surface area (Å²) in [5.74, 6) is 2.24. The highest BCUT2D eigenvalue weighted by atomic mass is 16.5. The molecule has 0 saturated heterocycles. The summed E-state index contributed by atoms with van der Waals surface area (Å²) in [6, 6.07) is 9.06. The second-order valence-electron chi connectivity index (χ2n) is 5.52. The zero-order valence-electron chi connectivity index (χ0n) is 13.1. The molecule has 108 valence electrons. The highest BCUT2D eigenvalue weighted by Gasteiger charge is 2.20. The molecule has 1 rings (SSSR count). The second kappa shape index (κ2) is 8.21. The van der Waals surface area contributed by atoms with Crippen molar-refractivity contribution in [2.75, 3.05) is 13.7 Å². The molecule has 0 amide bonds. The first-order valence-corrected chi connectivity index (χ1v) is 7.49. The molecule has 0 spiro atoms. The maximum Gasteiger partial charge on any atom is 0.119 e. The Morgan fingerprint density at radius 3 is 2.37 bits per heavy atom. The van der Waals surface area contributed by atoms with Gasteiger partial charge in [-0.15, -0.1) is 0 Å². The maximum atomic E-state index is 5.36. The molecule has 0 aliphatic heterocycles. The van der Waals surface area contributed by atoms with Gasteiger partial charge in [0, 0.05) is 12.6 Å². The van der Waals surface area contributed by atoms with Gasteiger partial charge in [0.15, 0.2) is 0 Å². The number of rotatable bonds is 8. The van der Waals surface area contributed by atoms with E-state index in [1.165, 1.54) is 18.4 Å². The summed E-state index contributed by atoms with van der Waals surface area (Å²) in [5, 5.41) is 3.59. The van der Waals surface area contributed by atoms with E-state index in [0.29, 0.717) is 12.0 Å². The van der Waals surface area contributed by atoms with E-state index >= 15 is 0 Å². The predicted octanol–water partition coefficient (Wildman–Crippen LogP) is 4.21. The third-order valence-electron chi connectivity index (χ3n) is 3.89. The minimum Gasteiger partial charge on any atom is -0.497 e. The molecule has 0 bridgehead atoms. The average Bonchev–Trinajstić information content (AvgIpc) is 2.43. The number of hydrogen-bond donors (Lipinski definition) is 1. The smallest absolute Gasteiger partial charge is 0.119 e. The lowest BCUT2D eigenvalue weighted by atomic mass is 9.82. The van der Waals surface area contributed by atoms with Crippen molar-refractivity contribution in [1.82, 2.24) is 5.32 Å². The summed E-state index contributed by atoms with van der Waals surface area (Å²) in [5.41, 5.74) is 1.39. The van der Waals surface area contributed by atoms with Gasteiger partial charge in [0.05, 0.1) is 7.11 Å². The molecule has 19 heavy (non-hydrogen) atoms. The van der Waals surface area contributed by atoms with Crippen LogP contribution in [0.3, 0.4) is 0 Å². The van der Waals surface area contributed by atoms with Gasteiger partial charge in [-0.1, -0.05) is 52.7 Å². The molecule has 0 aliphatic rings. The fourth-order valence-corrected chi connectivity index (χ4v) is 2.65. The molecule has 1 aromatic carbocycles. The van der Waals surface area contributed by atoms with Crippen LogP contribution in [0.1, 0.15) is 52.0 Å². The molecule has 0 saturated carbocycles. The normalized spacial score (nSPS) is 13.0. The summed E-state index contributed by atoms with van der Waals surface area (Å²) >= 11 is 0. The Labute approximate surface area is 118 Å². The maximum absolute atomic E-state index is 5.36. The van der Waals surface area contributed by atoms with E-state index in [2.05, 4.69) is 51.2 Å². The lowest BCUT2D eigenvalue weighted by Crippen LogP contribution is -2.31. The zero-order chi connectivity index (χ0) is 14.3. The fraction of sp³-hybridized carbons (Fsp3) is 0.647. The van der Waals surface area contributed by atoms with Crippen molar-refractivity contribution >= 4 is 0 Å². The van der Waals surface area contributed by atoms with E-state index in [9.17, 15) is 0 Å². The van der Waals surface area contributed by atoms with Crippen LogP contribution in [0.25, 0.3) is 0 Å². The summed E-state index contributed by atoms with van der Waals surface area (Å²) in [7, 11) is 1.73. The van der Waals surface area contributed by atoms with Crippen LogP contribution in [0.2, 0.25) is 0 Å². The van der Waals surface area contributed by atoms with Crippen molar-refractivity contribution in [2.45, 2.75) is 52.5 Å². The van der Waals surface area contributed by atoms with Gasteiger partial charge < -0.3 is 10.1 Å². The molecule has 1 atom stereocenters. The van der Waals surface area contributed by atoms with Crippen LogP contribution in [0.4, 0.5) is 0 Å². The molecular weight excluding hydrogens is 234 g/mol. The SMILES string of the molecule is CCC(CC)C(CNC(C)C)c1cccc(OC)c1. The minimum atomic E-state index is 0.530. The highest BCUT2D eigenvalue weighted by molar-refractivity contribution is 5.31. The van der Waals surface area contributed by atoms with Crippen molar-refractivity contribution in [3.8, 4) is 5.75 Å². The van der Waals surface area contributed by atoms with E-state index in [1.54, 1.807) is 7.11 Å². The van der Waals surface area contributed by atoms with Gasteiger partial charge in [-0.05, 0) is 29.5 Å². The number of hydrogen-bond acceptors (Lipinski definition) is 2.